The first-order valence-electron chi connectivity index (χ1n) is 6.05. The number of nitrogens with zero attached hydrogens (tertiary/aromatic N) is 2. The van der Waals surface area contributed by atoms with Crippen molar-refractivity contribution in [2.75, 3.05) is 10.8 Å². The van der Waals surface area contributed by atoms with Crippen LogP contribution in [0.3, 0.4) is 0 Å². The van der Waals surface area contributed by atoms with Gasteiger partial charge < -0.3 is 4.98 Å². The number of rotatable bonds is 4. The molecule has 0 aliphatic rings. The zero-order chi connectivity index (χ0) is 14.0. The van der Waals surface area contributed by atoms with Crippen LogP contribution >= 0.6 is 0 Å². The van der Waals surface area contributed by atoms with E-state index >= 15 is 0 Å². The average Bonchev–Trinajstić information content (AvgIpc) is 2.88. The predicted molar refractivity (Wildman–Crippen MR) is 74.7 cm³/mol. The Bertz CT molecular complexity index is 663. The predicted octanol–water partition coefficient (Wildman–Crippen LogP) is 2.24. The highest BCUT2D eigenvalue weighted by molar-refractivity contribution is 7.92. The number of anilines is 1. The van der Waals surface area contributed by atoms with Crippen molar-refractivity contribution in [1.29, 1.82) is 0 Å². The number of H-pyrrole nitrogens is 1. The third-order valence-corrected chi connectivity index (χ3v) is 4.94. The quantitative estimate of drug-likeness (QED) is 0.933. The Labute approximate surface area is 113 Å². The molecule has 2 aromatic rings. The summed E-state index contributed by atoms with van der Waals surface area (Å²) in [5.41, 5.74) is 2.87. The normalized spacial score (nSPS) is 11.5. The van der Waals surface area contributed by atoms with Gasteiger partial charge in [-0.25, -0.2) is 4.98 Å². The van der Waals surface area contributed by atoms with E-state index in [0.717, 1.165) is 11.1 Å². The van der Waals surface area contributed by atoms with E-state index in [2.05, 4.69) is 9.97 Å². The summed E-state index contributed by atoms with van der Waals surface area (Å²) < 4.78 is 26.3. The monoisotopic (exact) mass is 279 g/mol. The molecule has 2 rings (SSSR count). The molecule has 0 amide bonds. The van der Waals surface area contributed by atoms with E-state index in [9.17, 15) is 8.42 Å². The van der Waals surface area contributed by atoms with Gasteiger partial charge in [0.1, 0.15) is 0 Å². The zero-order valence-electron chi connectivity index (χ0n) is 11.2. The molecule has 1 aromatic carbocycles. The molecule has 0 atom stereocenters. The van der Waals surface area contributed by atoms with Gasteiger partial charge in [-0.2, -0.15) is 8.42 Å². The fourth-order valence-electron chi connectivity index (χ4n) is 1.87. The zero-order valence-corrected chi connectivity index (χ0v) is 12.0. The van der Waals surface area contributed by atoms with Gasteiger partial charge in [-0.1, -0.05) is 6.07 Å². The van der Waals surface area contributed by atoms with Crippen molar-refractivity contribution in [3.8, 4) is 0 Å². The van der Waals surface area contributed by atoms with Crippen LogP contribution < -0.4 is 4.31 Å². The molecule has 6 heteroatoms. The van der Waals surface area contributed by atoms with Gasteiger partial charge in [0.15, 0.2) is 5.03 Å². The van der Waals surface area contributed by atoms with Crippen LogP contribution in [0.25, 0.3) is 0 Å². The molecule has 19 heavy (non-hydrogen) atoms. The third kappa shape index (κ3) is 2.49. The maximum atomic E-state index is 12.5. The molecule has 0 aliphatic heterocycles. The van der Waals surface area contributed by atoms with Crippen LogP contribution in [0.4, 0.5) is 5.69 Å². The van der Waals surface area contributed by atoms with Gasteiger partial charge in [-0.05, 0) is 44.0 Å². The number of aromatic amines is 1. The molecule has 0 bridgehead atoms. The molecule has 1 heterocycles. The summed E-state index contributed by atoms with van der Waals surface area (Å²) in [6, 6.07) is 5.63. The number of aromatic nitrogens is 2. The van der Waals surface area contributed by atoms with Crippen LogP contribution in [0.5, 0.6) is 0 Å². The van der Waals surface area contributed by atoms with Crippen molar-refractivity contribution in [3.63, 3.8) is 0 Å². The smallest absolute Gasteiger partial charge is 0.281 e. The second kappa shape index (κ2) is 5.05. The SMILES string of the molecule is CCN(c1ccc(C)c(C)c1)S(=O)(=O)c1cnc[nH]1. The van der Waals surface area contributed by atoms with Crippen molar-refractivity contribution >= 4 is 15.7 Å². The summed E-state index contributed by atoms with van der Waals surface area (Å²) in [5, 5.41) is 0.104. The Morgan fingerprint density at radius 2 is 2.00 bits per heavy atom. The number of nitrogens with one attached hydrogen (secondary N) is 1. The summed E-state index contributed by atoms with van der Waals surface area (Å²) in [4.78, 5) is 6.42. The van der Waals surface area contributed by atoms with Crippen molar-refractivity contribution in [3.05, 3.63) is 41.9 Å². The lowest BCUT2D eigenvalue weighted by atomic mass is 10.1. The number of sulfonamides is 1. The maximum absolute atomic E-state index is 12.5. The highest BCUT2D eigenvalue weighted by Gasteiger charge is 2.24. The van der Waals surface area contributed by atoms with Crippen LogP contribution in [-0.4, -0.2) is 24.9 Å². The molecule has 0 aliphatic carbocycles. The minimum atomic E-state index is -3.58. The van der Waals surface area contributed by atoms with Gasteiger partial charge in [0.05, 0.1) is 18.2 Å². The lowest BCUT2D eigenvalue weighted by Gasteiger charge is -2.22. The molecule has 102 valence electrons. The molecule has 1 N–H and O–H groups in total. The van der Waals surface area contributed by atoms with Gasteiger partial charge in [-0.3, -0.25) is 4.31 Å². The van der Waals surface area contributed by atoms with E-state index in [1.54, 1.807) is 0 Å². The Morgan fingerprint density at radius 1 is 1.26 bits per heavy atom. The first-order chi connectivity index (χ1) is 8.96. The number of hydrogen-bond donors (Lipinski definition) is 1. The van der Waals surface area contributed by atoms with Crippen LogP contribution in [0.15, 0.2) is 35.7 Å². The largest absolute Gasteiger partial charge is 0.334 e. The summed E-state index contributed by atoms with van der Waals surface area (Å²) in [7, 11) is -3.58. The summed E-state index contributed by atoms with van der Waals surface area (Å²) in [6.07, 6.45) is 2.68. The van der Waals surface area contributed by atoms with Crippen LogP contribution in [0, 0.1) is 13.8 Å². The maximum Gasteiger partial charge on any atom is 0.281 e. The molecule has 0 saturated heterocycles. The highest BCUT2D eigenvalue weighted by Crippen LogP contribution is 2.24. The summed E-state index contributed by atoms with van der Waals surface area (Å²) in [6.45, 7) is 6.14. The second-order valence-electron chi connectivity index (χ2n) is 4.35. The Morgan fingerprint density at radius 3 is 2.53 bits per heavy atom. The molecular formula is C13H17N3O2S. The summed E-state index contributed by atoms with van der Waals surface area (Å²) >= 11 is 0. The molecule has 0 unspecified atom stereocenters. The van der Waals surface area contributed by atoms with Crippen molar-refractivity contribution in [2.24, 2.45) is 0 Å². The first kappa shape index (κ1) is 13.6. The third-order valence-electron chi connectivity index (χ3n) is 3.11. The fraction of sp³-hybridized carbons (Fsp3) is 0.308. The van der Waals surface area contributed by atoms with Gasteiger partial charge in [0, 0.05) is 6.54 Å². The molecule has 0 fully saturated rings. The Balaban J connectivity index is 2.48. The van der Waals surface area contributed by atoms with Crippen molar-refractivity contribution < 1.29 is 8.42 Å². The van der Waals surface area contributed by atoms with E-state index in [0.29, 0.717) is 12.2 Å². The lowest BCUT2D eigenvalue weighted by molar-refractivity contribution is 0.589. The van der Waals surface area contributed by atoms with Crippen LogP contribution in [0.2, 0.25) is 0 Å². The number of benzene rings is 1. The van der Waals surface area contributed by atoms with Gasteiger partial charge >= 0.3 is 0 Å². The van der Waals surface area contributed by atoms with Crippen LogP contribution in [0.1, 0.15) is 18.1 Å². The lowest BCUT2D eigenvalue weighted by Crippen LogP contribution is -2.31. The molecule has 0 saturated carbocycles. The number of aryl methyl sites for hydroxylation is 2. The minimum absolute atomic E-state index is 0.104. The van der Waals surface area contributed by atoms with E-state index in [4.69, 9.17) is 0 Å². The average molecular weight is 279 g/mol. The summed E-state index contributed by atoms with van der Waals surface area (Å²) in [5.74, 6) is 0. The van der Waals surface area contributed by atoms with E-state index in [1.165, 1.54) is 16.8 Å². The Hall–Kier alpha value is -1.82. The number of imidazole rings is 1. The molecule has 5 nitrogen and oxygen atoms in total. The van der Waals surface area contributed by atoms with E-state index in [1.807, 2.05) is 39.0 Å². The van der Waals surface area contributed by atoms with Crippen molar-refractivity contribution in [1.82, 2.24) is 9.97 Å². The Kier molecular flexibility index (Phi) is 3.61. The highest BCUT2D eigenvalue weighted by atomic mass is 32.2. The molecule has 1 aromatic heterocycles. The number of hydrogen-bond acceptors (Lipinski definition) is 3. The molecule has 0 radical (unpaired) electrons. The molecular weight excluding hydrogens is 262 g/mol. The van der Waals surface area contributed by atoms with Crippen LogP contribution in [-0.2, 0) is 10.0 Å². The topological polar surface area (TPSA) is 66.1 Å². The first-order valence-corrected chi connectivity index (χ1v) is 7.49. The second-order valence-corrected chi connectivity index (χ2v) is 6.18. The minimum Gasteiger partial charge on any atom is -0.334 e. The fourth-order valence-corrected chi connectivity index (χ4v) is 3.24. The van der Waals surface area contributed by atoms with Crippen molar-refractivity contribution in [2.45, 2.75) is 25.8 Å². The standard InChI is InChI=1S/C13H17N3O2S/c1-4-16(12-6-5-10(2)11(3)7-12)19(17,18)13-8-14-9-15-13/h5-9H,4H2,1-3H3,(H,14,15). The molecule has 0 spiro atoms. The van der Waals surface area contributed by atoms with Gasteiger partial charge in [0.2, 0.25) is 0 Å². The van der Waals surface area contributed by atoms with E-state index < -0.39 is 10.0 Å². The van der Waals surface area contributed by atoms with Gasteiger partial charge in [0.25, 0.3) is 10.0 Å². The van der Waals surface area contributed by atoms with Gasteiger partial charge in [-0.15, -0.1) is 0 Å². The van der Waals surface area contributed by atoms with E-state index in [-0.39, 0.29) is 5.03 Å².